The molecule has 2 amide bonds. The van der Waals surface area contributed by atoms with E-state index in [1.54, 1.807) is 36.2 Å². The molecule has 3 aromatic carbocycles. The highest BCUT2D eigenvalue weighted by atomic mass is 19.4. The van der Waals surface area contributed by atoms with Crippen molar-refractivity contribution in [1.82, 2.24) is 19.8 Å². The fourth-order valence-electron chi connectivity index (χ4n) is 6.01. The van der Waals surface area contributed by atoms with E-state index in [0.717, 1.165) is 28.6 Å². The number of halogens is 3. The Morgan fingerprint density at radius 2 is 1.66 bits per heavy atom. The molecule has 3 heterocycles. The molecule has 0 radical (unpaired) electrons. The number of pyridine rings is 1. The van der Waals surface area contributed by atoms with Crippen molar-refractivity contribution in [2.45, 2.75) is 18.5 Å². The Morgan fingerprint density at radius 3 is 2.36 bits per heavy atom. The van der Waals surface area contributed by atoms with Crippen molar-refractivity contribution >= 4 is 27.8 Å². The number of hydrogen-bond donors (Lipinski definition) is 3. The summed E-state index contributed by atoms with van der Waals surface area (Å²) in [5.41, 5.74) is 1.74. The first kappa shape index (κ1) is 29.3. The maximum Gasteiger partial charge on any atom is 0.416 e. The van der Waals surface area contributed by atoms with Gasteiger partial charge in [0.15, 0.2) is 0 Å². The van der Waals surface area contributed by atoms with Gasteiger partial charge in [-0.05, 0) is 47.9 Å². The van der Waals surface area contributed by atoms with Crippen molar-refractivity contribution in [3.63, 3.8) is 0 Å². The molecular formula is C33H31F3N4O4. The summed E-state index contributed by atoms with van der Waals surface area (Å²) in [6, 6.07) is 18.9. The first-order valence-electron chi connectivity index (χ1n) is 14.3. The van der Waals surface area contributed by atoms with E-state index in [0.29, 0.717) is 54.9 Å². The van der Waals surface area contributed by atoms with Gasteiger partial charge in [-0.3, -0.25) is 4.79 Å². The predicted octanol–water partition coefficient (Wildman–Crippen LogP) is 5.51. The van der Waals surface area contributed by atoms with Crippen molar-refractivity contribution in [3.8, 4) is 5.75 Å². The molecule has 0 bridgehead atoms. The predicted molar refractivity (Wildman–Crippen MR) is 161 cm³/mol. The van der Waals surface area contributed by atoms with Gasteiger partial charge in [-0.25, -0.2) is 4.79 Å². The van der Waals surface area contributed by atoms with Crippen molar-refractivity contribution in [2.24, 2.45) is 7.05 Å². The van der Waals surface area contributed by atoms with E-state index in [2.05, 4.69) is 10.3 Å². The van der Waals surface area contributed by atoms with Crippen LogP contribution in [0.1, 0.15) is 33.9 Å². The summed E-state index contributed by atoms with van der Waals surface area (Å²) in [5, 5.41) is 15.9. The second-order valence-electron chi connectivity index (χ2n) is 10.8. The van der Waals surface area contributed by atoms with Crippen LogP contribution >= 0.6 is 0 Å². The van der Waals surface area contributed by atoms with E-state index in [9.17, 15) is 27.9 Å². The molecule has 44 heavy (non-hydrogen) atoms. The standard InChI is InChI=1S/C33H31F3N4O4/c1-39-26-9-5-3-7-24(26)30(41)28(31(39)42)27(20-10-12-21(13-11-20)33(34,35)36)29-23(22-6-2-4-8-25(22)38-29)14-15-37-32(43)40-16-18-44-19-17-40/h2-13,27,38,41H,14-19H2,1H3,(H,37,43). The van der Waals surface area contributed by atoms with Gasteiger partial charge in [-0.15, -0.1) is 0 Å². The zero-order valence-corrected chi connectivity index (χ0v) is 23.9. The van der Waals surface area contributed by atoms with Gasteiger partial charge in [0.1, 0.15) is 5.75 Å². The fraction of sp³-hybridized carbons (Fsp3) is 0.273. The van der Waals surface area contributed by atoms with Gasteiger partial charge in [-0.2, -0.15) is 13.2 Å². The number of carbonyl (C=O) groups excluding carboxylic acids is 1. The summed E-state index contributed by atoms with van der Waals surface area (Å²) in [4.78, 5) is 31.8. The zero-order chi connectivity index (χ0) is 31.0. The summed E-state index contributed by atoms with van der Waals surface area (Å²) in [6.45, 7) is 2.19. The number of para-hydroxylation sites is 2. The van der Waals surface area contributed by atoms with Crippen LogP contribution in [0.4, 0.5) is 18.0 Å². The Bertz CT molecular complexity index is 1890. The monoisotopic (exact) mass is 604 g/mol. The quantitative estimate of drug-likeness (QED) is 0.238. The number of nitrogens with zero attached hydrogens (tertiary/aromatic N) is 2. The van der Waals surface area contributed by atoms with Crippen molar-refractivity contribution < 1.29 is 27.8 Å². The molecule has 1 saturated heterocycles. The number of amides is 2. The molecule has 0 spiro atoms. The van der Waals surface area contributed by atoms with Crippen molar-refractivity contribution in [3.05, 3.63) is 111 Å². The van der Waals surface area contributed by atoms with E-state index >= 15 is 0 Å². The molecule has 1 aliphatic heterocycles. The minimum absolute atomic E-state index is 0.0381. The fourth-order valence-corrected chi connectivity index (χ4v) is 6.01. The maximum absolute atomic E-state index is 14.0. The molecule has 3 N–H and O–H groups in total. The molecule has 0 saturated carbocycles. The van der Waals surface area contributed by atoms with E-state index in [1.165, 1.54) is 16.7 Å². The average molecular weight is 605 g/mol. The lowest BCUT2D eigenvalue weighted by molar-refractivity contribution is -0.137. The number of morpholine rings is 1. The van der Waals surface area contributed by atoms with Crippen LogP contribution in [-0.4, -0.2) is 58.4 Å². The molecule has 8 nitrogen and oxygen atoms in total. The second-order valence-corrected chi connectivity index (χ2v) is 10.8. The maximum atomic E-state index is 14.0. The summed E-state index contributed by atoms with van der Waals surface area (Å²) < 4.78 is 47.3. The van der Waals surface area contributed by atoms with E-state index in [4.69, 9.17) is 4.74 Å². The molecule has 11 heteroatoms. The lowest BCUT2D eigenvalue weighted by Gasteiger charge is -2.27. The van der Waals surface area contributed by atoms with Gasteiger partial charge >= 0.3 is 12.2 Å². The van der Waals surface area contributed by atoms with E-state index in [-0.39, 0.29) is 23.9 Å². The Kier molecular flexibility index (Phi) is 7.81. The molecule has 1 aliphatic rings. The Balaban J connectivity index is 1.50. The molecule has 1 atom stereocenters. The molecule has 228 valence electrons. The Morgan fingerprint density at radius 1 is 1.00 bits per heavy atom. The number of aromatic nitrogens is 2. The average Bonchev–Trinajstić information content (AvgIpc) is 3.40. The first-order valence-corrected chi connectivity index (χ1v) is 14.3. The van der Waals surface area contributed by atoms with Crippen LogP contribution < -0.4 is 10.9 Å². The Hall–Kier alpha value is -4.77. The van der Waals surface area contributed by atoms with Crippen LogP contribution in [0.15, 0.2) is 77.6 Å². The number of urea groups is 1. The second kappa shape index (κ2) is 11.7. The third-order valence-corrected chi connectivity index (χ3v) is 8.26. The molecule has 1 fully saturated rings. The summed E-state index contributed by atoms with van der Waals surface area (Å²) >= 11 is 0. The van der Waals surface area contributed by atoms with Crippen LogP contribution in [0.2, 0.25) is 0 Å². The lowest BCUT2D eigenvalue weighted by Crippen LogP contribution is -2.46. The van der Waals surface area contributed by atoms with E-state index in [1.807, 2.05) is 24.3 Å². The van der Waals surface area contributed by atoms with Crippen LogP contribution in [0, 0.1) is 0 Å². The number of hydrogen-bond acceptors (Lipinski definition) is 4. The SMILES string of the molecule is Cn1c(=O)c(C(c2ccc(C(F)(F)F)cc2)c2[nH]c3ccccc3c2CCNC(=O)N2CCOCC2)c(O)c2ccccc21. The molecule has 2 aromatic heterocycles. The van der Waals surface area contributed by atoms with Crippen LogP contribution in [0.25, 0.3) is 21.8 Å². The third kappa shape index (κ3) is 5.39. The topological polar surface area (TPSA) is 99.6 Å². The van der Waals surface area contributed by atoms with Crippen molar-refractivity contribution in [1.29, 1.82) is 0 Å². The number of aromatic amines is 1. The van der Waals surface area contributed by atoms with Gasteiger partial charge in [0.25, 0.3) is 5.56 Å². The number of ether oxygens (including phenoxy) is 1. The third-order valence-electron chi connectivity index (χ3n) is 8.26. The number of aryl methyl sites for hydroxylation is 1. The van der Waals surface area contributed by atoms with Gasteiger partial charge < -0.3 is 29.6 Å². The number of aromatic hydroxyl groups is 1. The van der Waals surface area contributed by atoms with Gasteiger partial charge in [0, 0.05) is 48.7 Å². The summed E-state index contributed by atoms with van der Waals surface area (Å²) in [5.74, 6) is -1.18. The number of nitrogens with one attached hydrogen (secondary N) is 2. The molecule has 6 rings (SSSR count). The van der Waals surface area contributed by atoms with Gasteiger partial charge in [-0.1, -0.05) is 42.5 Å². The van der Waals surface area contributed by atoms with Gasteiger partial charge in [0.05, 0.1) is 35.8 Å². The highest BCUT2D eigenvalue weighted by molar-refractivity contribution is 5.88. The van der Waals surface area contributed by atoms with Crippen molar-refractivity contribution in [2.75, 3.05) is 32.8 Å². The highest BCUT2D eigenvalue weighted by Gasteiger charge is 2.33. The van der Waals surface area contributed by atoms with E-state index < -0.39 is 23.2 Å². The molecule has 5 aromatic rings. The molecule has 0 aliphatic carbocycles. The number of H-pyrrole nitrogens is 1. The molecular weight excluding hydrogens is 573 g/mol. The molecule has 1 unspecified atom stereocenters. The summed E-state index contributed by atoms with van der Waals surface area (Å²) in [7, 11) is 1.60. The minimum atomic E-state index is -4.54. The Labute approximate surface area is 250 Å². The van der Waals surface area contributed by atoms with Crippen LogP contribution in [0.5, 0.6) is 5.75 Å². The normalized spacial score (nSPS) is 14.7. The number of fused-ring (bicyclic) bond motifs is 2. The highest BCUT2D eigenvalue weighted by Crippen LogP contribution is 2.41. The number of alkyl halides is 3. The number of carbonyl (C=O) groups is 1. The number of rotatable bonds is 6. The first-order chi connectivity index (χ1) is 21.1. The lowest BCUT2D eigenvalue weighted by atomic mass is 9.84. The zero-order valence-electron chi connectivity index (χ0n) is 23.9. The minimum Gasteiger partial charge on any atom is -0.507 e. The largest absolute Gasteiger partial charge is 0.507 e. The van der Waals surface area contributed by atoms with Gasteiger partial charge in [0.2, 0.25) is 0 Å². The smallest absolute Gasteiger partial charge is 0.416 e. The number of benzene rings is 3. The van der Waals surface area contributed by atoms with Crippen LogP contribution in [0.3, 0.4) is 0 Å². The van der Waals surface area contributed by atoms with Crippen LogP contribution in [-0.2, 0) is 24.4 Å². The summed E-state index contributed by atoms with van der Waals surface area (Å²) in [6.07, 6.45) is -4.18.